The van der Waals surface area contributed by atoms with Crippen LogP contribution in [-0.2, 0) is 20.7 Å². The van der Waals surface area contributed by atoms with Crippen molar-refractivity contribution in [3.63, 3.8) is 0 Å². The number of benzene rings is 4. The standard InChI is InChI=1S/C41H31Br3N2O5/c1-2-21-16-26(42)17-28-29(41(50)51-20-33(47)25-10-8-23(9-11-25)22-6-4-3-5-7-22)19-32(45-38(21)28)24-12-14-27(15-13-24)46-39(48)34-30-18-31(35(34)40(46)49)37(44)36(30)43/h3-17,19,30-31,34-37H,2,18,20H2,1H3. The van der Waals surface area contributed by atoms with E-state index in [2.05, 4.69) is 47.8 Å². The number of fused-ring (bicyclic) bond motifs is 6. The van der Waals surface area contributed by atoms with Gasteiger partial charge in [0.2, 0.25) is 11.8 Å². The molecule has 1 aliphatic heterocycles. The van der Waals surface area contributed by atoms with E-state index in [1.165, 1.54) is 4.90 Å². The number of ketones is 1. The second kappa shape index (κ2) is 13.5. The smallest absolute Gasteiger partial charge is 0.339 e. The Labute approximate surface area is 320 Å². The van der Waals surface area contributed by atoms with Gasteiger partial charge < -0.3 is 4.74 Å². The number of Topliss-reactive ketones (excluding diaryl/α,β-unsaturated/α-hetero) is 1. The van der Waals surface area contributed by atoms with Gasteiger partial charge in [0.15, 0.2) is 12.4 Å². The second-order valence-electron chi connectivity index (χ2n) is 13.4. The molecule has 6 atom stereocenters. The zero-order chi connectivity index (χ0) is 35.6. The van der Waals surface area contributed by atoms with E-state index in [9.17, 15) is 19.2 Å². The van der Waals surface area contributed by atoms with Crippen LogP contribution in [0.25, 0.3) is 33.3 Å². The number of nitrogens with zero attached hydrogens (tertiary/aromatic N) is 2. The Hall–Kier alpha value is -3.99. The van der Waals surface area contributed by atoms with Crippen molar-refractivity contribution in [2.24, 2.45) is 23.7 Å². The fraction of sp³-hybridized carbons (Fsp3) is 0.244. The number of imide groups is 1. The fourth-order valence-corrected chi connectivity index (χ4v) is 10.5. The van der Waals surface area contributed by atoms with E-state index in [-0.39, 0.29) is 56.5 Å². The minimum atomic E-state index is -0.640. The van der Waals surface area contributed by atoms with E-state index >= 15 is 0 Å². The summed E-state index contributed by atoms with van der Waals surface area (Å²) >= 11 is 11.1. The summed E-state index contributed by atoms with van der Waals surface area (Å²) in [4.78, 5) is 60.7. The van der Waals surface area contributed by atoms with Crippen LogP contribution in [0.5, 0.6) is 0 Å². The van der Waals surface area contributed by atoms with Gasteiger partial charge in [-0.25, -0.2) is 9.78 Å². The summed E-state index contributed by atoms with van der Waals surface area (Å²) in [5.41, 5.74) is 6.10. The Morgan fingerprint density at radius 2 is 1.41 bits per heavy atom. The van der Waals surface area contributed by atoms with Crippen LogP contribution >= 0.6 is 47.8 Å². The topological polar surface area (TPSA) is 93.6 Å². The number of alkyl halides is 2. The third-order valence-electron chi connectivity index (χ3n) is 10.6. The molecule has 3 aliphatic rings. The van der Waals surface area contributed by atoms with Gasteiger partial charge in [0, 0.05) is 30.6 Å². The van der Waals surface area contributed by atoms with Crippen LogP contribution in [0.1, 0.15) is 39.6 Å². The van der Waals surface area contributed by atoms with Gasteiger partial charge in [-0.1, -0.05) is 121 Å². The van der Waals surface area contributed by atoms with E-state index < -0.39 is 12.6 Å². The van der Waals surface area contributed by atoms with Crippen LogP contribution in [0.3, 0.4) is 0 Å². The average molecular weight is 871 g/mol. The number of amides is 2. The number of aromatic nitrogens is 1. The van der Waals surface area contributed by atoms with Crippen molar-refractivity contribution in [1.82, 2.24) is 4.98 Å². The van der Waals surface area contributed by atoms with Gasteiger partial charge in [0.25, 0.3) is 0 Å². The first kappa shape index (κ1) is 34.1. The lowest BCUT2D eigenvalue weighted by atomic mass is 9.81. The van der Waals surface area contributed by atoms with E-state index in [1.807, 2.05) is 73.7 Å². The maximum Gasteiger partial charge on any atom is 0.339 e. The molecule has 1 saturated heterocycles. The molecule has 6 unspecified atom stereocenters. The predicted octanol–water partition coefficient (Wildman–Crippen LogP) is 9.22. The number of hydrogen-bond donors (Lipinski definition) is 0. The van der Waals surface area contributed by atoms with Crippen LogP contribution in [0.15, 0.2) is 102 Å². The number of hydrogen-bond acceptors (Lipinski definition) is 6. The van der Waals surface area contributed by atoms with Crippen LogP contribution < -0.4 is 4.90 Å². The zero-order valence-electron chi connectivity index (χ0n) is 27.4. The van der Waals surface area contributed by atoms with E-state index in [4.69, 9.17) is 9.72 Å². The maximum atomic E-state index is 13.7. The van der Waals surface area contributed by atoms with Crippen molar-refractivity contribution in [3.05, 3.63) is 118 Å². The summed E-state index contributed by atoms with van der Waals surface area (Å²) in [5.74, 6) is -1.56. The summed E-state index contributed by atoms with van der Waals surface area (Å²) in [5, 5.41) is 0.607. The van der Waals surface area contributed by atoms with Gasteiger partial charge in [-0.3, -0.25) is 19.3 Å². The van der Waals surface area contributed by atoms with Crippen LogP contribution in [0, 0.1) is 23.7 Å². The quantitative estimate of drug-likeness (QED) is 0.0669. The first-order valence-corrected chi connectivity index (χ1v) is 19.5. The minimum absolute atomic E-state index is 0.133. The molecule has 51 heavy (non-hydrogen) atoms. The molecule has 10 heteroatoms. The van der Waals surface area contributed by atoms with Crippen molar-refractivity contribution in [2.45, 2.75) is 29.4 Å². The van der Waals surface area contributed by atoms with E-state index in [1.54, 1.807) is 30.3 Å². The number of carbonyl (C=O) groups excluding carboxylic acids is 4. The molecule has 0 N–H and O–H groups in total. The van der Waals surface area contributed by atoms with Gasteiger partial charge in [0.05, 0.1) is 34.3 Å². The molecule has 256 valence electrons. The molecule has 2 bridgehead atoms. The number of aryl methyl sites for hydroxylation is 1. The first-order valence-electron chi connectivity index (χ1n) is 16.9. The number of carbonyl (C=O) groups is 4. The molecule has 2 saturated carbocycles. The Morgan fingerprint density at radius 3 is 2.04 bits per heavy atom. The highest BCUT2D eigenvalue weighted by Crippen LogP contribution is 2.60. The number of anilines is 1. The second-order valence-corrected chi connectivity index (χ2v) is 16.4. The highest BCUT2D eigenvalue weighted by Gasteiger charge is 2.66. The van der Waals surface area contributed by atoms with Crippen molar-refractivity contribution >= 4 is 87.9 Å². The van der Waals surface area contributed by atoms with Crippen LogP contribution in [0.4, 0.5) is 5.69 Å². The molecule has 8 rings (SSSR count). The molecule has 7 nitrogen and oxygen atoms in total. The molecule has 2 amide bonds. The largest absolute Gasteiger partial charge is 0.454 e. The lowest BCUT2D eigenvalue weighted by molar-refractivity contribution is -0.123. The normalized spacial score (nSPS) is 23.6. The summed E-state index contributed by atoms with van der Waals surface area (Å²) in [6.07, 6.45) is 1.54. The molecule has 0 spiro atoms. The molecule has 2 heterocycles. The maximum absolute atomic E-state index is 13.7. The predicted molar refractivity (Wildman–Crippen MR) is 207 cm³/mol. The average Bonchev–Trinajstić information content (AvgIpc) is 3.78. The van der Waals surface area contributed by atoms with Gasteiger partial charge in [0.1, 0.15) is 0 Å². The number of ether oxygens (including phenoxy) is 1. The van der Waals surface area contributed by atoms with Gasteiger partial charge in [-0.05, 0) is 71.7 Å². The Balaban J connectivity index is 1.06. The van der Waals surface area contributed by atoms with Gasteiger partial charge >= 0.3 is 5.97 Å². The molecular formula is C41H31Br3N2O5. The number of rotatable bonds is 8. The third kappa shape index (κ3) is 5.89. The van der Waals surface area contributed by atoms with Crippen molar-refractivity contribution in [3.8, 4) is 22.4 Å². The molecule has 2 aliphatic carbocycles. The highest BCUT2D eigenvalue weighted by atomic mass is 79.9. The molecule has 1 aromatic heterocycles. The Kier molecular flexibility index (Phi) is 9.05. The molecule has 4 aromatic carbocycles. The summed E-state index contributed by atoms with van der Waals surface area (Å²) in [7, 11) is 0. The fourth-order valence-electron chi connectivity index (χ4n) is 8.10. The molecule has 0 radical (unpaired) electrons. The lowest BCUT2D eigenvalue weighted by Crippen LogP contribution is -2.37. The molecule has 3 fully saturated rings. The van der Waals surface area contributed by atoms with Crippen molar-refractivity contribution in [1.29, 1.82) is 0 Å². The number of halogens is 3. The zero-order valence-corrected chi connectivity index (χ0v) is 32.2. The first-order chi connectivity index (χ1) is 24.6. The summed E-state index contributed by atoms with van der Waals surface area (Å²) in [6, 6.07) is 29.8. The highest BCUT2D eigenvalue weighted by molar-refractivity contribution is 9.12. The Morgan fingerprint density at radius 1 is 0.804 bits per heavy atom. The van der Waals surface area contributed by atoms with E-state index in [0.717, 1.165) is 27.6 Å². The monoisotopic (exact) mass is 868 g/mol. The van der Waals surface area contributed by atoms with Gasteiger partial charge in [-0.2, -0.15) is 0 Å². The molecular weight excluding hydrogens is 840 g/mol. The van der Waals surface area contributed by atoms with Crippen molar-refractivity contribution in [2.75, 3.05) is 11.5 Å². The van der Waals surface area contributed by atoms with Crippen LogP contribution in [0.2, 0.25) is 0 Å². The van der Waals surface area contributed by atoms with Crippen LogP contribution in [-0.4, -0.2) is 44.8 Å². The summed E-state index contributed by atoms with van der Waals surface area (Å²) in [6.45, 7) is 1.60. The van der Waals surface area contributed by atoms with Crippen molar-refractivity contribution < 1.29 is 23.9 Å². The molecule has 5 aromatic rings. The third-order valence-corrected chi connectivity index (χ3v) is 14.3. The van der Waals surface area contributed by atoms with Gasteiger partial charge in [-0.15, -0.1) is 0 Å². The Bertz CT molecular complexity index is 2190. The number of pyridine rings is 1. The van der Waals surface area contributed by atoms with E-state index in [0.29, 0.717) is 39.8 Å². The SMILES string of the molecule is CCc1cc(Br)cc2c(C(=O)OCC(=O)c3ccc(-c4ccccc4)cc3)cc(-c3ccc(N4C(=O)C5C6CC(C(Br)C6Br)C5C4=O)cc3)nc12. The lowest BCUT2D eigenvalue weighted by Gasteiger charge is -2.28. The minimum Gasteiger partial charge on any atom is -0.454 e. The number of esters is 1. The summed E-state index contributed by atoms with van der Waals surface area (Å²) < 4.78 is 6.43.